The fraction of sp³-hybridized carbons (Fsp3) is 0. The summed E-state index contributed by atoms with van der Waals surface area (Å²) in [5.41, 5.74) is -3.43. The first kappa shape index (κ1) is 22.1. The van der Waals surface area contributed by atoms with Gasteiger partial charge in [0.1, 0.15) is 11.6 Å². The van der Waals surface area contributed by atoms with E-state index in [1.54, 1.807) is 0 Å². The maximum absolute atomic E-state index is 14.9. The summed E-state index contributed by atoms with van der Waals surface area (Å²) in [6.45, 7) is 0. The molecule has 0 aliphatic heterocycles. The summed E-state index contributed by atoms with van der Waals surface area (Å²) in [6.07, 6.45) is 0. The molecule has 3 aromatic carbocycles. The fourth-order valence-electron chi connectivity index (χ4n) is 3.14. The van der Waals surface area contributed by atoms with Gasteiger partial charge in [-0.25, -0.2) is 28.0 Å². The second-order valence-electron chi connectivity index (χ2n) is 6.55. The van der Waals surface area contributed by atoms with E-state index in [9.17, 15) is 38.2 Å². The Balaban J connectivity index is 2.21. The third-order valence-corrected chi connectivity index (χ3v) is 4.63. The quantitative estimate of drug-likeness (QED) is 0.446. The molecule has 0 saturated heterocycles. The number of carbonyl (C=O) groups is 4. The monoisotopic (exact) mass is 442 g/mol. The first-order valence-corrected chi connectivity index (χ1v) is 8.72. The Morgan fingerprint density at radius 3 is 1.12 bits per heavy atom. The van der Waals surface area contributed by atoms with Crippen LogP contribution < -0.4 is 0 Å². The second-order valence-corrected chi connectivity index (χ2v) is 6.55. The molecule has 32 heavy (non-hydrogen) atoms. The van der Waals surface area contributed by atoms with Gasteiger partial charge in [0.2, 0.25) is 0 Å². The molecule has 0 aliphatic rings. The molecule has 0 fully saturated rings. The molecule has 3 aromatic rings. The summed E-state index contributed by atoms with van der Waals surface area (Å²) < 4.78 is 29.9. The van der Waals surface area contributed by atoms with Crippen molar-refractivity contribution in [2.75, 3.05) is 0 Å². The van der Waals surface area contributed by atoms with E-state index in [0.717, 1.165) is 36.4 Å². The van der Waals surface area contributed by atoms with E-state index in [2.05, 4.69) is 0 Å². The summed E-state index contributed by atoms with van der Waals surface area (Å²) in [5.74, 6) is -8.16. The Labute approximate surface area is 177 Å². The minimum absolute atomic E-state index is 0.287. The van der Waals surface area contributed by atoms with Crippen LogP contribution in [0.15, 0.2) is 48.5 Å². The van der Waals surface area contributed by atoms with Crippen LogP contribution in [0, 0.1) is 11.6 Å². The van der Waals surface area contributed by atoms with Crippen molar-refractivity contribution in [3.05, 3.63) is 82.4 Å². The van der Waals surface area contributed by atoms with Crippen molar-refractivity contribution in [1.82, 2.24) is 0 Å². The van der Waals surface area contributed by atoms with Gasteiger partial charge < -0.3 is 20.4 Å². The van der Waals surface area contributed by atoms with Crippen molar-refractivity contribution < 1.29 is 48.4 Å². The normalized spacial score (nSPS) is 10.6. The zero-order chi connectivity index (χ0) is 23.7. The largest absolute Gasteiger partial charge is 0.478 e. The van der Waals surface area contributed by atoms with Crippen molar-refractivity contribution in [2.24, 2.45) is 0 Å². The summed E-state index contributed by atoms with van der Waals surface area (Å²) >= 11 is 0. The first-order chi connectivity index (χ1) is 15.0. The van der Waals surface area contributed by atoms with Crippen molar-refractivity contribution in [3.8, 4) is 22.3 Å². The van der Waals surface area contributed by atoms with Crippen LogP contribution in [0.25, 0.3) is 22.3 Å². The van der Waals surface area contributed by atoms with Gasteiger partial charge in [0.05, 0.1) is 22.3 Å². The van der Waals surface area contributed by atoms with Gasteiger partial charge in [0, 0.05) is 11.1 Å². The number of carboxylic acid groups (broad SMARTS) is 4. The molecule has 0 heterocycles. The van der Waals surface area contributed by atoms with Gasteiger partial charge in [-0.2, -0.15) is 0 Å². The van der Waals surface area contributed by atoms with Crippen molar-refractivity contribution in [2.45, 2.75) is 0 Å². The van der Waals surface area contributed by atoms with Gasteiger partial charge in [-0.15, -0.1) is 0 Å². The van der Waals surface area contributed by atoms with Crippen molar-refractivity contribution in [3.63, 3.8) is 0 Å². The lowest BCUT2D eigenvalue weighted by molar-refractivity contribution is 0.0676. The standard InChI is InChI=1S/C22H12F2O8/c23-17-8-14(12-4-2-10(20(27)28)6-16(12)22(31)32)18(24)7-13(17)11-3-1-9(19(25)26)5-15(11)21(29)30/h1-8H,(H,25,26)(H,27,28)(H,29,30)(H,31,32). The van der Waals surface area contributed by atoms with E-state index in [4.69, 9.17) is 10.2 Å². The Morgan fingerprint density at radius 1 is 0.500 bits per heavy atom. The summed E-state index contributed by atoms with van der Waals surface area (Å²) in [6, 6.07) is 7.03. The van der Waals surface area contributed by atoms with Gasteiger partial charge in [-0.1, -0.05) is 12.1 Å². The van der Waals surface area contributed by atoms with Crippen LogP contribution in [-0.2, 0) is 0 Å². The molecule has 0 amide bonds. The summed E-state index contributed by atoms with van der Waals surface area (Å²) in [4.78, 5) is 45.3. The third kappa shape index (κ3) is 4.01. The molecule has 0 radical (unpaired) electrons. The highest BCUT2D eigenvalue weighted by Gasteiger charge is 2.22. The molecule has 3 rings (SSSR count). The molecular weight excluding hydrogens is 430 g/mol. The lowest BCUT2D eigenvalue weighted by Gasteiger charge is -2.13. The van der Waals surface area contributed by atoms with Crippen LogP contribution in [0.4, 0.5) is 8.78 Å². The van der Waals surface area contributed by atoms with E-state index in [1.807, 2.05) is 0 Å². The van der Waals surface area contributed by atoms with Crippen LogP contribution in [0.2, 0.25) is 0 Å². The third-order valence-electron chi connectivity index (χ3n) is 4.63. The van der Waals surface area contributed by atoms with Crippen LogP contribution in [-0.4, -0.2) is 44.3 Å². The lowest BCUT2D eigenvalue weighted by Crippen LogP contribution is -2.06. The van der Waals surface area contributed by atoms with Gasteiger partial charge in [-0.05, 0) is 47.5 Å². The maximum Gasteiger partial charge on any atom is 0.336 e. The van der Waals surface area contributed by atoms with E-state index in [0.29, 0.717) is 12.1 Å². The smallest absolute Gasteiger partial charge is 0.336 e. The molecule has 0 aliphatic carbocycles. The lowest BCUT2D eigenvalue weighted by atomic mass is 9.92. The predicted octanol–water partition coefficient (Wildman–Crippen LogP) is 4.09. The molecule has 10 heteroatoms. The number of halogens is 2. The SMILES string of the molecule is O=C(O)c1ccc(-c2cc(F)c(-c3ccc(C(=O)O)cc3C(=O)O)cc2F)c(C(=O)O)c1. The zero-order valence-corrected chi connectivity index (χ0v) is 15.8. The zero-order valence-electron chi connectivity index (χ0n) is 15.8. The number of rotatable bonds is 6. The minimum atomic E-state index is -1.57. The molecule has 0 saturated carbocycles. The van der Waals surface area contributed by atoms with Crippen LogP contribution in [0.1, 0.15) is 41.4 Å². The number of hydrogen-bond acceptors (Lipinski definition) is 4. The average molecular weight is 442 g/mol. The van der Waals surface area contributed by atoms with E-state index in [1.165, 1.54) is 0 Å². The number of benzene rings is 3. The van der Waals surface area contributed by atoms with E-state index >= 15 is 0 Å². The molecule has 8 nitrogen and oxygen atoms in total. The highest BCUT2D eigenvalue weighted by molar-refractivity contribution is 6.01. The molecule has 0 aromatic heterocycles. The average Bonchev–Trinajstić information content (AvgIpc) is 2.74. The predicted molar refractivity (Wildman–Crippen MR) is 105 cm³/mol. The van der Waals surface area contributed by atoms with Gasteiger partial charge in [0.25, 0.3) is 0 Å². The number of aromatic carboxylic acids is 4. The number of carboxylic acids is 4. The Hall–Kier alpha value is -4.60. The Bertz CT molecular complexity index is 1210. The highest BCUT2D eigenvalue weighted by atomic mass is 19.1. The molecule has 0 atom stereocenters. The van der Waals surface area contributed by atoms with Crippen LogP contribution in [0.3, 0.4) is 0 Å². The molecule has 4 N–H and O–H groups in total. The topological polar surface area (TPSA) is 149 Å². The minimum Gasteiger partial charge on any atom is -0.478 e. The first-order valence-electron chi connectivity index (χ1n) is 8.72. The van der Waals surface area contributed by atoms with Gasteiger partial charge >= 0.3 is 23.9 Å². The fourth-order valence-corrected chi connectivity index (χ4v) is 3.14. The summed E-state index contributed by atoms with van der Waals surface area (Å²) in [5, 5.41) is 36.8. The maximum atomic E-state index is 14.9. The second kappa shape index (κ2) is 8.26. The van der Waals surface area contributed by atoms with Crippen molar-refractivity contribution in [1.29, 1.82) is 0 Å². The van der Waals surface area contributed by atoms with E-state index < -0.39 is 57.8 Å². The molecule has 0 spiro atoms. The number of hydrogen-bond donors (Lipinski definition) is 4. The van der Waals surface area contributed by atoms with E-state index in [-0.39, 0.29) is 22.3 Å². The highest BCUT2D eigenvalue weighted by Crippen LogP contribution is 2.34. The van der Waals surface area contributed by atoms with Crippen LogP contribution >= 0.6 is 0 Å². The Morgan fingerprint density at radius 2 is 0.844 bits per heavy atom. The summed E-state index contributed by atoms with van der Waals surface area (Å²) in [7, 11) is 0. The molecule has 162 valence electrons. The Kier molecular flexibility index (Phi) is 5.71. The van der Waals surface area contributed by atoms with Gasteiger partial charge in [-0.3, -0.25) is 0 Å². The molecule has 0 unspecified atom stereocenters. The van der Waals surface area contributed by atoms with Gasteiger partial charge in [0.15, 0.2) is 0 Å². The van der Waals surface area contributed by atoms with Crippen molar-refractivity contribution >= 4 is 23.9 Å². The molecular formula is C22H12F2O8. The van der Waals surface area contributed by atoms with Crippen LogP contribution in [0.5, 0.6) is 0 Å². The molecule has 0 bridgehead atoms.